The average molecular weight is 162 g/mol. The van der Waals surface area contributed by atoms with Gasteiger partial charge in [0, 0.05) is 0 Å². The van der Waals surface area contributed by atoms with Gasteiger partial charge in [-0.2, -0.15) is 0 Å². The van der Waals surface area contributed by atoms with Gasteiger partial charge in [0.1, 0.15) is 0 Å². The summed E-state index contributed by atoms with van der Waals surface area (Å²) in [5, 5.41) is 0. The van der Waals surface area contributed by atoms with Gasteiger partial charge >= 0.3 is 0 Å². The van der Waals surface area contributed by atoms with Crippen molar-refractivity contribution in [2.24, 2.45) is 11.8 Å². The molecule has 0 atom stereocenters. The van der Waals surface area contributed by atoms with E-state index in [0.717, 1.165) is 0 Å². The fourth-order valence-electron chi connectivity index (χ4n) is 1.90. The van der Waals surface area contributed by atoms with E-state index in [1.165, 1.54) is 5.57 Å². The van der Waals surface area contributed by atoms with E-state index < -0.39 is 0 Å². The van der Waals surface area contributed by atoms with E-state index in [-0.39, 0.29) is 0 Å². The summed E-state index contributed by atoms with van der Waals surface area (Å²) in [4.78, 5) is 0. The standard InChI is InChI=1S/C12H18/c1-9(2)12(10(3)4)11-7-5-6-8-11/h5-10H,1-4H3. The SMILES string of the molecule is CC(C)C(=C1C=CC=C1)C(C)C. The first kappa shape index (κ1) is 9.31. The monoisotopic (exact) mass is 162 g/mol. The van der Waals surface area contributed by atoms with Crippen molar-refractivity contribution in [3.8, 4) is 0 Å². The summed E-state index contributed by atoms with van der Waals surface area (Å²) in [5.41, 5.74) is 2.99. The van der Waals surface area contributed by atoms with Crippen molar-refractivity contribution >= 4 is 0 Å². The molecular weight excluding hydrogens is 144 g/mol. The second-order valence-corrected chi connectivity index (χ2v) is 3.94. The van der Waals surface area contributed by atoms with E-state index >= 15 is 0 Å². The molecule has 0 nitrogen and oxygen atoms in total. The minimum atomic E-state index is 0.660. The Morgan fingerprint density at radius 3 is 1.67 bits per heavy atom. The molecule has 1 rings (SSSR count). The molecule has 1 aliphatic carbocycles. The highest BCUT2D eigenvalue weighted by molar-refractivity contribution is 5.44. The molecule has 0 radical (unpaired) electrons. The number of hydrogen-bond acceptors (Lipinski definition) is 0. The summed E-state index contributed by atoms with van der Waals surface area (Å²) >= 11 is 0. The Bertz CT molecular complexity index is 213. The molecule has 0 fully saturated rings. The lowest BCUT2D eigenvalue weighted by Crippen LogP contribution is -2.04. The average Bonchev–Trinajstić information content (AvgIpc) is 2.37. The van der Waals surface area contributed by atoms with E-state index in [2.05, 4.69) is 52.0 Å². The van der Waals surface area contributed by atoms with Crippen molar-refractivity contribution in [3.63, 3.8) is 0 Å². The van der Waals surface area contributed by atoms with Crippen LogP contribution in [0, 0.1) is 11.8 Å². The zero-order valence-electron chi connectivity index (χ0n) is 8.46. The maximum absolute atomic E-state index is 2.27. The van der Waals surface area contributed by atoms with Crippen LogP contribution >= 0.6 is 0 Å². The van der Waals surface area contributed by atoms with E-state index in [0.29, 0.717) is 11.8 Å². The molecule has 12 heavy (non-hydrogen) atoms. The molecule has 0 aromatic heterocycles. The lowest BCUT2D eigenvalue weighted by atomic mass is 9.88. The van der Waals surface area contributed by atoms with Crippen LogP contribution in [0.3, 0.4) is 0 Å². The summed E-state index contributed by atoms with van der Waals surface area (Å²) in [6.45, 7) is 9.06. The van der Waals surface area contributed by atoms with Crippen molar-refractivity contribution in [1.29, 1.82) is 0 Å². The molecule has 1 aliphatic rings. The van der Waals surface area contributed by atoms with Gasteiger partial charge in [-0.1, -0.05) is 57.6 Å². The third-order valence-corrected chi connectivity index (χ3v) is 2.24. The van der Waals surface area contributed by atoms with E-state index in [9.17, 15) is 0 Å². The summed E-state index contributed by atoms with van der Waals surface area (Å²) in [5.74, 6) is 1.32. The van der Waals surface area contributed by atoms with Gasteiger partial charge in [-0.25, -0.2) is 0 Å². The summed E-state index contributed by atoms with van der Waals surface area (Å²) in [6.07, 6.45) is 8.63. The van der Waals surface area contributed by atoms with Gasteiger partial charge in [0.15, 0.2) is 0 Å². The molecule has 0 heterocycles. The molecule has 0 amide bonds. The van der Waals surface area contributed by atoms with Crippen LogP contribution in [0.2, 0.25) is 0 Å². The molecule has 0 heteroatoms. The minimum Gasteiger partial charge on any atom is -0.0617 e. The molecule has 0 spiro atoms. The van der Waals surface area contributed by atoms with Crippen LogP contribution in [-0.2, 0) is 0 Å². The molecule has 66 valence electrons. The zero-order chi connectivity index (χ0) is 9.14. The third kappa shape index (κ3) is 1.88. The maximum Gasteiger partial charge on any atom is -0.0249 e. The third-order valence-electron chi connectivity index (χ3n) is 2.24. The van der Waals surface area contributed by atoms with Crippen LogP contribution in [0.5, 0.6) is 0 Å². The topological polar surface area (TPSA) is 0 Å². The maximum atomic E-state index is 2.27. The van der Waals surface area contributed by atoms with Gasteiger partial charge in [0.05, 0.1) is 0 Å². The van der Waals surface area contributed by atoms with Gasteiger partial charge in [-0.05, 0) is 17.4 Å². The molecule has 0 aromatic rings. The number of hydrogen-bond donors (Lipinski definition) is 0. The van der Waals surface area contributed by atoms with Gasteiger partial charge in [-0.15, -0.1) is 0 Å². The van der Waals surface area contributed by atoms with Crippen LogP contribution < -0.4 is 0 Å². The number of allylic oxidation sites excluding steroid dienone is 6. The van der Waals surface area contributed by atoms with Gasteiger partial charge in [-0.3, -0.25) is 0 Å². The van der Waals surface area contributed by atoms with Crippen LogP contribution in [0.15, 0.2) is 35.5 Å². The molecule has 0 bridgehead atoms. The van der Waals surface area contributed by atoms with Crippen LogP contribution in [0.1, 0.15) is 27.7 Å². The van der Waals surface area contributed by atoms with Gasteiger partial charge in [0.2, 0.25) is 0 Å². The Kier molecular flexibility index (Phi) is 2.91. The highest BCUT2D eigenvalue weighted by Gasteiger charge is 2.11. The van der Waals surface area contributed by atoms with Crippen LogP contribution in [-0.4, -0.2) is 0 Å². The van der Waals surface area contributed by atoms with Crippen LogP contribution in [0.4, 0.5) is 0 Å². The zero-order valence-corrected chi connectivity index (χ0v) is 8.46. The first-order chi connectivity index (χ1) is 5.63. The summed E-state index contributed by atoms with van der Waals surface area (Å²) in [6, 6.07) is 0. The van der Waals surface area contributed by atoms with Gasteiger partial charge < -0.3 is 0 Å². The van der Waals surface area contributed by atoms with Crippen LogP contribution in [0.25, 0.3) is 0 Å². The summed E-state index contributed by atoms with van der Waals surface area (Å²) < 4.78 is 0. The molecule has 0 aromatic carbocycles. The van der Waals surface area contributed by atoms with Crippen molar-refractivity contribution in [2.45, 2.75) is 27.7 Å². The highest BCUT2D eigenvalue weighted by Crippen LogP contribution is 2.26. The fourth-order valence-corrected chi connectivity index (χ4v) is 1.90. The van der Waals surface area contributed by atoms with E-state index in [4.69, 9.17) is 0 Å². The molecule has 0 saturated heterocycles. The Morgan fingerprint density at radius 2 is 1.33 bits per heavy atom. The summed E-state index contributed by atoms with van der Waals surface area (Å²) in [7, 11) is 0. The van der Waals surface area contributed by atoms with Crippen molar-refractivity contribution in [2.75, 3.05) is 0 Å². The lowest BCUT2D eigenvalue weighted by molar-refractivity contribution is 0.621. The highest BCUT2D eigenvalue weighted by atomic mass is 14.2. The molecular formula is C12H18. The van der Waals surface area contributed by atoms with E-state index in [1.807, 2.05) is 0 Å². The minimum absolute atomic E-state index is 0.660. The van der Waals surface area contributed by atoms with Crippen molar-refractivity contribution in [1.82, 2.24) is 0 Å². The van der Waals surface area contributed by atoms with E-state index in [1.54, 1.807) is 5.57 Å². The Morgan fingerprint density at radius 1 is 0.917 bits per heavy atom. The van der Waals surface area contributed by atoms with Crippen molar-refractivity contribution < 1.29 is 0 Å². The normalized spacial score (nSPS) is 15.3. The Balaban J connectivity index is 2.99. The molecule has 0 saturated carbocycles. The number of rotatable bonds is 2. The second-order valence-electron chi connectivity index (χ2n) is 3.94. The molecule has 0 aliphatic heterocycles. The first-order valence-electron chi connectivity index (χ1n) is 4.71. The fraction of sp³-hybridized carbons (Fsp3) is 0.500. The largest absolute Gasteiger partial charge is 0.0617 e. The molecule has 0 N–H and O–H groups in total. The first-order valence-corrected chi connectivity index (χ1v) is 4.71. The second kappa shape index (κ2) is 3.75. The smallest absolute Gasteiger partial charge is 0.0249 e. The molecule has 0 unspecified atom stereocenters. The lowest BCUT2D eigenvalue weighted by Gasteiger charge is -2.17. The van der Waals surface area contributed by atoms with Gasteiger partial charge in [0.25, 0.3) is 0 Å². The Labute approximate surface area is 75.7 Å². The predicted octanol–water partition coefficient (Wildman–Crippen LogP) is 3.72. The van der Waals surface area contributed by atoms with Crippen molar-refractivity contribution in [3.05, 3.63) is 35.5 Å². The quantitative estimate of drug-likeness (QED) is 0.580. The Hall–Kier alpha value is -0.780. The predicted molar refractivity (Wildman–Crippen MR) is 55.0 cm³/mol.